The van der Waals surface area contributed by atoms with Crippen LogP contribution in [-0.2, 0) is 32.0 Å². The van der Waals surface area contributed by atoms with Gasteiger partial charge in [0, 0.05) is 13.5 Å². The van der Waals surface area contributed by atoms with Crippen molar-refractivity contribution in [3.8, 4) is 5.75 Å². The molecule has 0 saturated carbocycles. The highest BCUT2D eigenvalue weighted by Gasteiger charge is 2.37. The average molecular weight is 627 g/mol. The zero-order valence-corrected chi connectivity index (χ0v) is 27.6. The van der Waals surface area contributed by atoms with Gasteiger partial charge >= 0.3 is 12.1 Å². The Balaban J connectivity index is 2.25. The van der Waals surface area contributed by atoms with Crippen molar-refractivity contribution in [3.05, 3.63) is 65.7 Å². The normalized spacial score (nSPS) is 14.0. The maximum atomic E-state index is 13.9. The van der Waals surface area contributed by atoms with Crippen molar-refractivity contribution in [1.82, 2.24) is 15.1 Å². The van der Waals surface area contributed by atoms with Gasteiger partial charge in [-0.2, -0.15) is 0 Å². The van der Waals surface area contributed by atoms with Crippen LogP contribution in [0, 0.1) is 0 Å². The van der Waals surface area contributed by atoms with Crippen LogP contribution in [0.15, 0.2) is 54.6 Å². The summed E-state index contributed by atoms with van der Waals surface area (Å²) in [5, 5.41) is 12.3. The fraction of sp³-hybridized carbons (Fsp3) is 0.529. The third-order valence-electron chi connectivity index (χ3n) is 7.29. The van der Waals surface area contributed by atoms with Crippen LogP contribution in [0.25, 0.3) is 0 Å². The Bertz CT molecular complexity index is 1260. The van der Waals surface area contributed by atoms with E-state index in [0.29, 0.717) is 12.3 Å². The van der Waals surface area contributed by atoms with Crippen molar-refractivity contribution in [2.75, 3.05) is 20.1 Å². The van der Waals surface area contributed by atoms with Gasteiger partial charge in [0.05, 0.1) is 6.54 Å². The predicted molar refractivity (Wildman–Crippen MR) is 173 cm³/mol. The number of carboxylic acid groups (broad SMARTS) is 1. The highest BCUT2D eigenvalue weighted by Crippen LogP contribution is 2.23. The number of nitrogens with zero attached hydrogens (tertiary/aromatic N) is 2. The monoisotopic (exact) mass is 626 g/mol. The first-order valence-corrected chi connectivity index (χ1v) is 15.5. The second-order valence-electron chi connectivity index (χ2n) is 12.2. The third-order valence-corrected chi connectivity index (χ3v) is 7.29. The highest BCUT2D eigenvalue weighted by atomic mass is 16.6. The minimum absolute atomic E-state index is 0.0387. The molecule has 248 valence electrons. The third kappa shape index (κ3) is 11.7. The molecule has 2 aromatic carbocycles. The molecule has 0 aliphatic carbocycles. The van der Waals surface area contributed by atoms with Crippen LogP contribution in [0.2, 0.25) is 0 Å². The number of likely N-dealkylation sites (N-methyl/N-ethyl adjacent to an activating group) is 1. The van der Waals surface area contributed by atoms with Crippen LogP contribution in [-0.4, -0.2) is 88.8 Å². The molecule has 2 rings (SSSR count). The molecule has 0 radical (unpaired) electrons. The minimum Gasteiger partial charge on any atom is -0.489 e. The van der Waals surface area contributed by atoms with E-state index in [1.807, 2.05) is 37.3 Å². The standard InChI is InChI=1S/C34H50N4O7/c1-8-28(31(40)37(7)24(3)30(39)36-27(32(41)42)21-25-15-10-9-11-16-25)38(33(43)45-34(4,5)6)22-23(2)44-29-19-13-12-17-26(29)18-14-20-35/h9-13,15-17,19,23-24,27-28H,8,14,18,20-22,35H2,1-7H3,(H,36,39)(H,41,42)/t23-,24-,27-,28+/m1/s1. The van der Waals surface area contributed by atoms with Crippen LogP contribution < -0.4 is 15.8 Å². The summed E-state index contributed by atoms with van der Waals surface area (Å²) in [5.41, 5.74) is 6.62. The summed E-state index contributed by atoms with van der Waals surface area (Å²) in [6.45, 7) is 10.9. The van der Waals surface area contributed by atoms with Crippen LogP contribution in [0.3, 0.4) is 0 Å². The molecule has 11 heteroatoms. The number of hydrogen-bond donors (Lipinski definition) is 3. The Morgan fingerprint density at radius 3 is 2.20 bits per heavy atom. The molecule has 0 spiro atoms. The molecule has 0 aliphatic rings. The molecule has 0 aliphatic heterocycles. The molecular formula is C34H50N4O7. The van der Waals surface area contributed by atoms with E-state index in [9.17, 15) is 24.3 Å². The Morgan fingerprint density at radius 2 is 1.62 bits per heavy atom. The lowest BCUT2D eigenvalue weighted by Crippen LogP contribution is -2.57. The number of nitrogens with one attached hydrogen (secondary N) is 1. The number of nitrogens with two attached hydrogens (primary N) is 1. The van der Waals surface area contributed by atoms with Crippen molar-refractivity contribution in [1.29, 1.82) is 0 Å². The van der Waals surface area contributed by atoms with E-state index in [2.05, 4.69) is 5.32 Å². The quantitative estimate of drug-likeness (QED) is 0.253. The fourth-order valence-electron chi connectivity index (χ4n) is 4.77. The largest absolute Gasteiger partial charge is 0.489 e. The summed E-state index contributed by atoms with van der Waals surface area (Å²) in [6.07, 6.45) is 0.659. The van der Waals surface area contributed by atoms with E-state index in [0.717, 1.165) is 24.0 Å². The van der Waals surface area contributed by atoms with Crippen LogP contribution >= 0.6 is 0 Å². The van der Waals surface area contributed by atoms with E-state index < -0.39 is 53.7 Å². The number of para-hydroxylation sites is 1. The Kier molecular flexibility index (Phi) is 14.3. The Labute approximate surface area is 267 Å². The molecule has 0 aromatic heterocycles. The number of ether oxygens (including phenoxy) is 2. The zero-order valence-electron chi connectivity index (χ0n) is 27.6. The first-order valence-electron chi connectivity index (χ1n) is 15.5. The highest BCUT2D eigenvalue weighted by molar-refractivity contribution is 5.92. The molecule has 11 nitrogen and oxygen atoms in total. The summed E-state index contributed by atoms with van der Waals surface area (Å²) in [4.78, 5) is 55.1. The van der Waals surface area contributed by atoms with Crippen molar-refractivity contribution >= 4 is 23.9 Å². The fourth-order valence-corrected chi connectivity index (χ4v) is 4.77. The van der Waals surface area contributed by atoms with E-state index in [1.165, 1.54) is 23.8 Å². The maximum absolute atomic E-state index is 13.9. The molecule has 3 amide bonds. The first kappa shape index (κ1) is 37.1. The Hall–Kier alpha value is -4.12. The number of carbonyl (C=O) groups excluding carboxylic acids is 3. The van der Waals surface area contributed by atoms with E-state index in [1.54, 1.807) is 52.0 Å². The van der Waals surface area contributed by atoms with Gasteiger partial charge in [-0.15, -0.1) is 0 Å². The van der Waals surface area contributed by atoms with Crippen molar-refractivity contribution in [3.63, 3.8) is 0 Å². The van der Waals surface area contributed by atoms with Crippen molar-refractivity contribution in [2.24, 2.45) is 5.73 Å². The van der Waals surface area contributed by atoms with Crippen LogP contribution in [0.4, 0.5) is 4.79 Å². The van der Waals surface area contributed by atoms with Crippen molar-refractivity contribution in [2.45, 2.75) is 97.1 Å². The number of aryl methyl sites for hydroxylation is 1. The molecule has 0 bridgehead atoms. The molecule has 4 N–H and O–H groups in total. The lowest BCUT2D eigenvalue weighted by atomic mass is 10.1. The molecule has 4 atom stereocenters. The first-order chi connectivity index (χ1) is 21.2. The van der Waals surface area contributed by atoms with Gasteiger partial charge in [0.2, 0.25) is 11.8 Å². The zero-order chi connectivity index (χ0) is 33.7. The molecule has 45 heavy (non-hydrogen) atoms. The molecule has 0 saturated heterocycles. The number of aliphatic carboxylic acids is 1. The van der Waals surface area contributed by atoms with E-state index in [-0.39, 0.29) is 19.4 Å². The van der Waals surface area contributed by atoms with Crippen molar-refractivity contribution < 1.29 is 33.8 Å². The van der Waals surface area contributed by atoms with Gasteiger partial charge in [0.15, 0.2) is 0 Å². The Morgan fingerprint density at radius 1 is 1.00 bits per heavy atom. The predicted octanol–water partition coefficient (Wildman–Crippen LogP) is 4.02. The van der Waals surface area contributed by atoms with Gasteiger partial charge in [0.25, 0.3) is 0 Å². The minimum atomic E-state index is -1.19. The number of carboxylic acids is 1. The summed E-state index contributed by atoms with van der Waals surface area (Å²) in [7, 11) is 1.46. The van der Waals surface area contributed by atoms with Crippen LogP contribution in [0.5, 0.6) is 5.75 Å². The van der Waals surface area contributed by atoms with E-state index >= 15 is 0 Å². The van der Waals surface area contributed by atoms with Gasteiger partial charge in [0.1, 0.15) is 35.6 Å². The molecule has 0 unspecified atom stereocenters. The second kappa shape index (κ2) is 17.4. The number of hydrogen-bond acceptors (Lipinski definition) is 7. The molecule has 0 heterocycles. The van der Waals surface area contributed by atoms with Gasteiger partial charge in [-0.25, -0.2) is 9.59 Å². The lowest BCUT2D eigenvalue weighted by Gasteiger charge is -2.37. The topological polar surface area (TPSA) is 152 Å². The van der Waals surface area contributed by atoms with E-state index in [4.69, 9.17) is 15.2 Å². The average Bonchev–Trinajstić information content (AvgIpc) is 2.98. The lowest BCUT2D eigenvalue weighted by molar-refractivity contribution is -0.145. The number of benzene rings is 2. The number of rotatable bonds is 16. The maximum Gasteiger partial charge on any atom is 0.411 e. The van der Waals surface area contributed by atoms with Gasteiger partial charge in [-0.1, -0.05) is 55.5 Å². The molecular weight excluding hydrogens is 576 g/mol. The summed E-state index contributed by atoms with van der Waals surface area (Å²) >= 11 is 0. The summed E-state index contributed by atoms with van der Waals surface area (Å²) in [5.74, 6) is -1.63. The van der Waals surface area contributed by atoms with Crippen LogP contribution in [0.1, 0.15) is 65.5 Å². The summed E-state index contributed by atoms with van der Waals surface area (Å²) in [6, 6.07) is 13.4. The number of amides is 3. The number of carbonyl (C=O) groups is 4. The second-order valence-corrected chi connectivity index (χ2v) is 12.2. The van der Waals surface area contributed by atoms with Gasteiger partial charge in [-0.3, -0.25) is 14.5 Å². The summed E-state index contributed by atoms with van der Waals surface area (Å²) < 4.78 is 11.9. The smallest absolute Gasteiger partial charge is 0.411 e. The molecule has 2 aromatic rings. The molecule has 0 fully saturated rings. The van der Waals surface area contributed by atoms with Gasteiger partial charge in [-0.05, 0) is 77.6 Å². The SMILES string of the molecule is CC[C@@H](C(=O)N(C)[C@H](C)C(=O)N[C@H](Cc1ccccc1)C(=O)O)N(C[C@@H](C)Oc1ccccc1CCCN)C(=O)OC(C)(C)C. The van der Waals surface area contributed by atoms with Gasteiger partial charge < -0.3 is 30.5 Å².